The van der Waals surface area contributed by atoms with Gasteiger partial charge in [-0.25, -0.2) is 0 Å². The summed E-state index contributed by atoms with van der Waals surface area (Å²) in [5, 5.41) is 21.6. The third kappa shape index (κ3) is 2.38. The van der Waals surface area contributed by atoms with Crippen LogP contribution in [0.5, 0.6) is 17.2 Å². The number of rotatable bonds is 3. The maximum Gasteiger partial charge on any atom is 0.165 e. The molecule has 3 aromatic carbocycles. The predicted molar refractivity (Wildman–Crippen MR) is 83.9 cm³/mol. The van der Waals surface area contributed by atoms with Crippen LogP contribution in [0.4, 0.5) is 0 Å². The maximum absolute atomic E-state index is 10.2. The summed E-state index contributed by atoms with van der Waals surface area (Å²) in [5.41, 5.74) is 2.05. The Morgan fingerprint density at radius 2 is 1.62 bits per heavy atom. The first-order valence-corrected chi connectivity index (χ1v) is 6.87. The first kappa shape index (κ1) is 13.3. The third-order valence-electron chi connectivity index (χ3n) is 3.46. The van der Waals surface area contributed by atoms with Gasteiger partial charge in [0.1, 0.15) is 5.75 Å². The summed E-state index contributed by atoms with van der Waals surface area (Å²) in [6, 6.07) is 17.0. The summed E-state index contributed by atoms with van der Waals surface area (Å²) < 4.78 is 5.33. The van der Waals surface area contributed by atoms with E-state index < -0.39 is 0 Å². The molecule has 0 atom stereocenters. The topological polar surface area (TPSA) is 49.7 Å². The molecule has 0 saturated carbocycles. The normalized spacial score (nSPS) is 10.7. The van der Waals surface area contributed by atoms with Gasteiger partial charge in [-0.2, -0.15) is 0 Å². The Bertz CT molecular complexity index is 779. The summed E-state index contributed by atoms with van der Waals surface area (Å²) in [6.07, 6.45) is 0. The number of benzene rings is 3. The van der Waals surface area contributed by atoms with E-state index in [0.29, 0.717) is 23.1 Å². The smallest absolute Gasteiger partial charge is 0.165 e. The highest BCUT2D eigenvalue weighted by atomic mass is 16.5. The Labute approximate surface area is 123 Å². The van der Waals surface area contributed by atoms with E-state index in [9.17, 15) is 10.2 Å². The van der Waals surface area contributed by atoms with Gasteiger partial charge in [0.05, 0.1) is 6.61 Å². The van der Waals surface area contributed by atoms with Gasteiger partial charge >= 0.3 is 0 Å². The maximum atomic E-state index is 10.2. The van der Waals surface area contributed by atoms with Crippen LogP contribution in [0.3, 0.4) is 0 Å². The van der Waals surface area contributed by atoms with Crippen LogP contribution >= 0.6 is 0 Å². The lowest BCUT2D eigenvalue weighted by atomic mass is 10.00. The average Bonchev–Trinajstić information content (AvgIpc) is 2.53. The molecule has 0 heterocycles. The van der Waals surface area contributed by atoms with Gasteiger partial charge in [0.25, 0.3) is 0 Å². The van der Waals surface area contributed by atoms with E-state index in [1.54, 1.807) is 6.07 Å². The number of fused-ring (bicyclic) bond motifs is 1. The molecule has 21 heavy (non-hydrogen) atoms. The molecule has 0 radical (unpaired) electrons. The molecule has 0 fully saturated rings. The van der Waals surface area contributed by atoms with Crippen molar-refractivity contribution < 1.29 is 14.9 Å². The zero-order chi connectivity index (χ0) is 14.8. The van der Waals surface area contributed by atoms with Crippen LogP contribution in [-0.4, -0.2) is 16.8 Å². The molecule has 0 aromatic heterocycles. The lowest BCUT2D eigenvalue weighted by Gasteiger charge is -2.11. The molecular formula is C18H16O3. The van der Waals surface area contributed by atoms with Gasteiger partial charge in [-0.05, 0) is 30.2 Å². The van der Waals surface area contributed by atoms with Crippen molar-refractivity contribution in [2.45, 2.75) is 6.92 Å². The lowest BCUT2D eigenvalue weighted by molar-refractivity contribution is 0.318. The SMILES string of the molecule is CCOc1cc(O)c2cc(-c3ccccc3)ccc2c1O. The Balaban J connectivity index is 2.19. The molecule has 3 aromatic rings. The zero-order valence-corrected chi connectivity index (χ0v) is 11.7. The highest BCUT2D eigenvalue weighted by Gasteiger charge is 2.12. The van der Waals surface area contributed by atoms with Crippen molar-refractivity contribution in [3.8, 4) is 28.4 Å². The highest BCUT2D eigenvalue weighted by molar-refractivity contribution is 5.97. The van der Waals surface area contributed by atoms with Gasteiger partial charge in [-0.3, -0.25) is 0 Å². The first-order valence-electron chi connectivity index (χ1n) is 6.87. The van der Waals surface area contributed by atoms with Crippen LogP contribution in [0.1, 0.15) is 6.92 Å². The van der Waals surface area contributed by atoms with E-state index in [-0.39, 0.29) is 11.5 Å². The van der Waals surface area contributed by atoms with Gasteiger partial charge in [0.2, 0.25) is 0 Å². The van der Waals surface area contributed by atoms with Gasteiger partial charge in [-0.15, -0.1) is 0 Å². The summed E-state index contributed by atoms with van der Waals surface area (Å²) >= 11 is 0. The van der Waals surface area contributed by atoms with Crippen molar-refractivity contribution in [1.29, 1.82) is 0 Å². The van der Waals surface area contributed by atoms with Crippen molar-refractivity contribution in [3.63, 3.8) is 0 Å². The molecule has 0 aliphatic heterocycles. The minimum atomic E-state index is 0.0595. The van der Waals surface area contributed by atoms with E-state index in [0.717, 1.165) is 11.1 Å². The molecule has 0 spiro atoms. The van der Waals surface area contributed by atoms with Crippen LogP contribution in [0.2, 0.25) is 0 Å². The molecule has 3 nitrogen and oxygen atoms in total. The molecular weight excluding hydrogens is 264 g/mol. The van der Waals surface area contributed by atoms with Crippen molar-refractivity contribution in [2.75, 3.05) is 6.61 Å². The molecule has 106 valence electrons. The van der Waals surface area contributed by atoms with Crippen LogP contribution < -0.4 is 4.74 Å². The zero-order valence-electron chi connectivity index (χ0n) is 11.7. The largest absolute Gasteiger partial charge is 0.507 e. The Morgan fingerprint density at radius 1 is 0.857 bits per heavy atom. The van der Waals surface area contributed by atoms with E-state index in [1.165, 1.54) is 6.07 Å². The minimum absolute atomic E-state index is 0.0595. The number of ether oxygens (including phenoxy) is 1. The molecule has 0 amide bonds. The molecule has 0 aliphatic carbocycles. The van der Waals surface area contributed by atoms with Crippen LogP contribution in [0, 0.1) is 0 Å². The lowest BCUT2D eigenvalue weighted by Crippen LogP contribution is -1.92. The molecule has 0 aliphatic rings. The quantitative estimate of drug-likeness (QED) is 0.703. The number of phenolic OH excluding ortho intramolecular Hbond substituents is 2. The van der Waals surface area contributed by atoms with Gasteiger partial charge in [-0.1, -0.05) is 36.4 Å². The number of aromatic hydroxyl groups is 2. The number of hydrogen-bond donors (Lipinski definition) is 2. The molecule has 0 saturated heterocycles. The standard InChI is InChI=1S/C18H16O3/c1-2-21-17-11-16(19)15-10-13(8-9-14(15)18(17)20)12-6-4-3-5-7-12/h3-11,19-20H,2H2,1H3. The van der Waals surface area contributed by atoms with Crippen LogP contribution in [0.25, 0.3) is 21.9 Å². The van der Waals surface area contributed by atoms with E-state index in [2.05, 4.69) is 0 Å². The summed E-state index contributed by atoms with van der Waals surface area (Å²) in [4.78, 5) is 0. The molecule has 2 N–H and O–H groups in total. The monoisotopic (exact) mass is 280 g/mol. The summed E-state index contributed by atoms with van der Waals surface area (Å²) in [5.74, 6) is 0.461. The molecule has 0 unspecified atom stereocenters. The van der Waals surface area contributed by atoms with E-state index >= 15 is 0 Å². The predicted octanol–water partition coefficient (Wildman–Crippen LogP) is 4.32. The Hall–Kier alpha value is -2.68. The fourth-order valence-corrected chi connectivity index (χ4v) is 2.44. The fourth-order valence-electron chi connectivity index (χ4n) is 2.44. The Morgan fingerprint density at radius 3 is 2.33 bits per heavy atom. The highest BCUT2D eigenvalue weighted by Crippen LogP contribution is 2.41. The summed E-state index contributed by atoms with van der Waals surface area (Å²) in [6.45, 7) is 2.26. The van der Waals surface area contributed by atoms with Gasteiger partial charge < -0.3 is 14.9 Å². The van der Waals surface area contributed by atoms with Crippen LogP contribution in [0.15, 0.2) is 54.6 Å². The second-order valence-corrected chi connectivity index (χ2v) is 4.80. The fraction of sp³-hybridized carbons (Fsp3) is 0.111. The Kier molecular flexibility index (Phi) is 3.40. The van der Waals surface area contributed by atoms with Crippen molar-refractivity contribution in [1.82, 2.24) is 0 Å². The molecule has 3 rings (SSSR count). The summed E-state index contributed by atoms with van der Waals surface area (Å²) in [7, 11) is 0. The molecule has 3 heteroatoms. The van der Waals surface area contributed by atoms with E-state index in [1.807, 2.05) is 49.4 Å². The van der Waals surface area contributed by atoms with Gasteiger partial charge in [0.15, 0.2) is 11.5 Å². The van der Waals surface area contributed by atoms with E-state index in [4.69, 9.17) is 4.74 Å². The van der Waals surface area contributed by atoms with Crippen molar-refractivity contribution in [3.05, 3.63) is 54.6 Å². The minimum Gasteiger partial charge on any atom is -0.507 e. The van der Waals surface area contributed by atoms with Crippen molar-refractivity contribution >= 4 is 10.8 Å². The first-order chi connectivity index (χ1) is 10.2. The van der Waals surface area contributed by atoms with Crippen LogP contribution in [-0.2, 0) is 0 Å². The average molecular weight is 280 g/mol. The second kappa shape index (κ2) is 5.37. The third-order valence-corrected chi connectivity index (χ3v) is 3.46. The number of hydrogen-bond acceptors (Lipinski definition) is 3. The molecule has 0 bridgehead atoms. The second-order valence-electron chi connectivity index (χ2n) is 4.80. The van der Waals surface area contributed by atoms with Gasteiger partial charge in [0, 0.05) is 16.8 Å². The van der Waals surface area contributed by atoms with Crippen molar-refractivity contribution in [2.24, 2.45) is 0 Å². The number of phenols is 2.